The molecule has 0 amide bonds. The molecule has 0 spiro atoms. The van der Waals surface area contributed by atoms with Crippen LogP contribution in [0.1, 0.15) is 0 Å². The van der Waals surface area contributed by atoms with Crippen molar-refractivity contribution >= 4 is 33.5 Å². The minimum absolute atomic E-state index is 0.147. The zero-order valence-corrected chi connectivity index (χ0v) is 12.8. The number of nitrogens with zero attached hydrogens (tertiary/aromatic N) is 2. The molecule has 0 fully saturated rings. The van der Waals surface area contributed by atoms with Crippen molar-refractivity contribution in [1.29, 1.82) is 0 Å². The number of benzene rings is 3. The Bertz CT molecular complexity index is 958. The van der Waals surface area contributed by atoms with Gasteiger partial charge in [0.15, 0.2) is 0 Å². The summed E-state index contributed by atoms with van der Waals surface area (Å²) in [6, 6.07) is 14.2. The zero-order valence-electron chi connectivity index (χ0n) is 12.8. The molecule has 9 nitrogen and oxygen atoms in total. The molecule has 25 heavy (non-hydrogen) atoms. The van der Waals surface area contributed by atoms with E-state index in [0.29, 0.717) is 5.69 Å². The Kier molecular flexibility index (Phi) is 4.98. The summed E-state index contributed by atoms with van der Waals surface area (Å²) in [7, 11) is 0. The second-order valence-electron chi connectivity index (χ2n) is 4.98. The average molecular weight is 342 g/mol. The molecular formula is C16H14N4O5. The first-order valence-corrected chi connectivity index (χ1v) is 6.95. The van der Waals surface area contributed by atoms with Crippen molar-refractivity contribution in [1.82, 2.24) is 0 Å². The molecule has 0 saturated heterocycles. The molecule has 128 valence electrons. The summed E-state index contributed by atoms with van der Waals surface area (Å²) in [5, 5.41) is 31.7. The van der Waals surface area contributed by atoms with E-state index in [1.165, 1.54) is 0 Å². The minimum Gasteiger partial charge on any atom is -0.506 e. The fourth-order valence-corrected chi connectivity index (χ4v) is 2.11. The molecule has 0 aliphatic carbocycles. The SMILES string of the molecule is Nc1c(O)ccc2ccccc12.Nc1cc([N+](=O)[O-])ccc1[N+](=O)[O-]. The van der Waals surface area contributed by atoms with Crippen LogP contribution in [0.3, 0.4) is 0 Å². The molecule has 0 atom stereocenters. The lowest BCUT2D eigenvalue weighted by atomic mass is 10.1. The molecule has 3 aromatic rings. The Balaban J connectivity index is 0.000000181. The van der Waals surface area contributed by atoms with Gasteiger partial charge in [-0.2, -0.15) is 0 Å². The van der Waals surface area contributed by atoms with Crippen LogP contribution in [0.5, 0.6) is 5.75 Å². The Morgan fingerprint density at radius 1 is 0.880 bits per heavy atom. The summed E-state index contributed by atoms with van der Waals surface area (Å²) in [5.74, 6) is 0.147. The number of non-ortho nitro benzene ring substituents is 1. The number of nitrogen functional groups attached to an aromatic ring is 2. The fourth-order valence-electron chi connectivity index (χ4n) is 2.11. The van der Waals surface area contributed by atoms with Crippen molar-refractivity contribution in [2.45, 2.75) is 0 Å². The predicted molar refractivity (Wildman–Crippen MR) is 94.2 cm³/mol. The third-order valence-corrected chi connectivity index (χ3v) is 3.37. The van der Waals surface area contributed by atoms with Gasteiger partial charge in [0, 0.05) is 23.6 Å². The number of rotatable bonds is 2. The van der Waals surface area contributed by atoms with Gasteiger partial charge in [0.1, 0.15) is 11.4 Å². The molecular weight excluding hydrogens is 328 g/mol. The van der Waals surface area contributed by atoms with Gasteiger partial charge in [-0.25, -0.2) is 0 Å². The first-order chi connectivity index (χ1) is 11.8. The van der Waals surface area contributed by atoms with Gasteiger partial charge in [-0.15, -0.1) is 0 Å². The zero-order chi connectivity index (χ0) is 18.6. The van der Waals surface area contributed by atoms with E-state index in [4.69, 9.17) is 11.5 Å². The van der Waals surface area contributed by atoms with E-state index in [-0.39, 0.29) is 22.8 Å². The van der Waals surface area contributed by atoms with Gasteiger partial charge < -0.3 is 16.6 Å². The number of fused-ring (bicyclic) bond motifs is 1. The topological polar surface area (TPSA) is 159 Å². The molecule has 0 aliphatic rings. The van der Waals surface area contributed by atoms with Crippen LogP contribution in [-0.2, 0) is 0 Å². The van der Waals surface area contributed by atoms with Crippen molar-refractivity contribution < 1.29 is 15.0 Å². The quantitative estimate of drug-likeness (QED) is 0.279. The van der Waals surface area contributed by atoms with E-state index in [1.54, 1.807) is 6.07 Å². The van der Waals surface area contributed by atoms with Gasteiger partial charge in [0.2, 0.25) is 0 Å². The molecule has 0 unspecified atom stereocenters. The Morgan fingerprint density at radius 3 is 2.16 bits per heavy atom. The van der Waals surface area contributed by atoms with Crippen LogP contribution in [0.2, 0.25) is 0 Å². The van der Waals surface area contributed by atoms with E-state index >= 15 is 0 Å². The Hall–Kier alpha value is -3.88. The first-order valence-electron chi connectivity index (χ1n) is 6.95. The number of nitro benzene ring substituents is 2. The van der Waals surface area contributed by atoms with E-state index < -0.39 is 9.85 Å². The molecule has 0 heterocycles. The van der Waals surface area contributed by atoms with Crippen molar-refractivity contribution in [3.63, 3.8) is 0 Å². The number of hydrogen-bond acceptors (Lipinski definition) is 7. The van der Waals surface area contributed by atoms with Gasteiger partial charge in [0.05, 0.1) is 15.5 Å². The summed E-state index contributed by atoms with van der Waals surface area (Å²) in [4.78, 5) is 19.1. The lowest BCUT2D eigenvalue weighted by Gasteiger charge is -2.02. The maximum Gasteiger partial charge on any atom is 0.292 e. The molecule has 9 heteroatoms. The van der Waals surface area contributed by atoms with Crippen LogP contribution >= 0.6 is 0 Å². The standard InChI is InChI=1S/C10H9NO.C6H5N3O4/c11-10-8-4-2-1-3-7(8)5-6-9(10)12;7-5-3-4(8(10)11)1-2-6(5)9(12)13/h1-6,12H,11H2;1-3H,7H2. The number of phenolic OH excluding ortho intramolecular Hbond substituents is 1. The van der Waals surface area contributed by atoms with Gasteiger partial charge in [-0.3, -0.25) is 20.2 Å². The smallest absolute Gasteiger partial charge is 0.292 e. The monoisotopic (exact) mass is 342 g/mol. The van der Waals surface area contributed by atoms with Crippen LogP contribution < -0.4 is 11.5 Å². The Morgan fingerprint density at radius 2 is 1.56 bits per heavy atom. The number of aromatic hydroxyl groups is 1. The van der Waals surface area contributed by atoms with E-state index in [1.807, 2.05) is 30.3 Å². The van der Waals surface area contributed by atoms with Gasteiger partial charge in [0.25, 0.3) is 11.4 Å². The molecule has 0 bridgehead atoms. The van der Waals surface area contributed by atoms with Gasteiger partial charge in [-0.1, -0.05) is 30.3 Å². The van der Waals surface area contributed by atoms with Crippen molar-refractivity contribution in [3.05, 3.63) is 74.8 Å². The lowest BCUT2D eigenvalue weighted by molar-refractivity contribution is -0.388. The third kappa shape index (κ3) is 3.91. The van der Waals surface area contributed by atoms with E-state index in [0.717, 1.165) is 29.0 Å². The summed E-state index contributed by atoms with van der Waals surface area (Å²) in [5.41, 5.74) is 10.5. The first kappa shape index (κ1) is 17.5. The van der Waals surface area contributed by atoms with Crippen LogP contribution in [0.15, 0.2) is 54.6 Å². The van der Waals surface area contributed by atoms with Crippen molar-refractivity contribution in [3.8, 4) is 5.75 Å². The molecule has 3 aromatic carbocycles. The van der Waals surface area contributed by atoms with Gasteiger partial charge >= 0.3 is 0 Å². The molecule has 3 rings (SSSR count). The van der Waals surface area contributed by atoms with E-state index in [2.05, 4.69) is 0 Å². The third-order valence-electron chi connectivity index (χ3n) is 3.37. The van der Waals surface area contributed by atoms with Crippen LogP contribution in [0, 0.1) is 20.2 Å². The Labute approximate surface area is 141 Å². The molecule has 0 aliphatic heterocycles. The minimum atomic E-state index is -0.695. The second kappa shape index (κ2) is 7.13. The number of anilines is 2. The number of nitro groups is 2. The molecule has 0 radical (unpaired) electrons. The summed E-state index contributed by atoms with van der Waals surface area (Å²) in [6.07, 6.45) is 0. The highest BCUT2D eigenvalue weighted by Gasteiger charge is 2.15. The largest absolute Gasteiger partial charge is 0.506 e. The number of phenols is 1. The van der Waals surface area contributed by atoms with Crippen LogP contribution in [0.25, 0.3) is 10.8 Å². The molecule has 0 saturated carbocycles. The molecule has 0 aromatic heterocycles. The van der Waals surface area contributed by atoms with Crippen molar-refractivity contribution in [2.24, 2.45) is 0 Å². The lowest BCUT2D eigenvalue weighted by Crippen LogP contribution is -1.97. The maximum atomic E-state index is 10.3. The summed E-state index contributed by atoms with van der Waals surface area (Å²) in [6.45, 7) is 0. The highest BCUT2D eigenvalue weighted by atomic mass is 16.6. The maximum absolute atomic E-state index is 10.3. The number of nitrogens with two attached hydrogens (primary N) is 2. The van der Waals surface area contributed by atoms with Crippen LogP contribution in [0.4, 0.5) is 22.7 Å². The van der Waals surface area contributed by atoms with Crippen molar-refractivity contribution in [2.75, 3.05) is 11.5 Å². The van der Waals surface area contributed by atoms with Crippen LogP contribution in [-0.4, -0.2) is 15.0 Å². The van der Waals surface area contributed by atoms with E-state index in [9.17, 15) is 25.3 Å². The number of hydrogen-bond donors (Lipinski definition) is 3. The second-order valence-corrected chi connectivity index (χ2v) is 4.98. The summed E-state index contributed by atoms with van der Waals surface area (Å²) >= 11 is 0. The molecule has 5 N–H and O–H groups in total. The average Bonchev–Trinajstić information content (AvgIpc) is 2.58. The highest BCUT2D eigenvalue weighted by molar-refractivity contribution is 5.95. The highest BCUT2D eigenvalue weighted by Crippen LogP contribution is 2.28. The predicted octanol–water partition coefficient (Wildman–Crippen LogP) is 3.21. The fraction of sp³-hybridized carbons (Fsp3) is 0. The van der Waals surface area contributed by atoms with Gasteiger partial charge in [-0.05, 0) is 11.5 Å². The normalized spacial score (nSPS) is 9.92. The summed E-state index contributed by atoms with van der Waals surface area (Å²) < 4.78 is 0.